The van der Waals surface area contributed by atoms with E-state index in [0.29, 0.717) is 31.6 Å². The van der Waals surface area contributed by atoms with Gasteiger partial charge in [-0.25, -0.2) is 4.79 Å². The molecule has 0 bridgehead atoms. The molecular formula is C17H29N5O6S2. The van der Waals surface area contributed by atoms with E-state index in [1.807, 2.05) is 6.26 Å². The highest BCUT2D eigenvalue weighted by Gasteiger charge is 2.38. The number of nitrogens with one attached hydrogen (secondary N) is 2. The van der Waals surface area contributed by atoms with Gasteiger partial charge in [0.2, 0.25) is 23.6 Å². The molecule has 1 saturated heterocycles. The van der Waals surface area contributed by atoms with Crippen LogP contribution in [-0.4, -0.2) is 88.1 Å². The van der Waals surface area contributed by atoms with Crippen LogP contribution in [0.1, 0.15) is 25.7 Å². The molecular weight excluding hydrogens is 434 g/mol. The maximum Gasteiger partial charge on any atom is 0.327 e. The summed E-state index contributed by atoms with van der Waals surface area (Å²) >= 11 is 5.39. The number of aliphatic carboxylic acids is 1. The summed E-state index contributed by atoms with van der Waals surface area (Å²) in [5.74, 6) is -3.21. The summed E-state index contributed by atoms with van der Waals surface area (Å²) in [7, 11) is 0. The van der Waals surface area contributed by atoms with Crippen LogP contribution in [0.15, 0.2) is 0 Å². The molecule has 0 saturated carbocycles. The predicted octanol–water partition coefficient (Wildman–Crippen LogP) is -2.08. The molecule has 1 rings (SSSR count). The third-order valence-electron chi connectivity index (χ3n) is 4.62. The Morgan fingerprint density at radius 1 is 1.23 bits per heavy atom. The lowest BCUT2D eigenvalue weighted by molar-refractivity contribution is -0.144. The second-order valence-electron chi connectivity index (χ2n) is 6.89. The van der Waals surface area contributed by atoms with Gasteiger partial charge in [0.05, 0.1) is 12.5 Å². The molecule has 0 spiro atoms. The van der Waals surface area contributed by atoms with E-state index >= 15 is 0 Å². The number of thioether (sulfide) groups is 1. The number of primary amides is 1. The fraction of sp³-hybridized carbons (Fsp3) is 0.706. The topological polar surface area (TPSA) is 185 Å². The van der Waals surface area contributed by atoms with Crippen molar-refractivity contribution < 1.29 is 29.1 Å². The van der Waals surface area contributed by atoms with Crippen LogP contribution in [0.4, 0.5) is 0 Å². The Morgan fingerprint density at radius 3 is 2.43 bits per heavy atom. The molecule has 30 heavy (non-hydrogen) atoms. The van der Waals surface area contributed by atoms with Crippen molar-refractivity contribution in [1.82, 2.24) is 15.5 Å². The van der Waals surface area contributed by atoms with Gasteiger partial charge in [-0.1, -0.05) is 0 Å². The van der Waals surface area contributed by atoms with Crippen LogP contribution in [0.3, 0.4) is 0 Å². The molecule has 1 fully saturated rings. The zero-order valence-electron chi connectivity index (χ0n) is 16.7. The lowest BCUT2D eigenvalue weighted by atomic mass is 10.1. The third-order valence-corrected chi connectivity index (χ3v) is 5.63. The van der Waals surface area contributed by atoms with Crippen molar-refractivity contribution in [3.05, 3.63) is 0 Å². The van der Waals surface area contributed by atoms with Crippen LogP contribution in [0.5, 0.6) is 0 Å². The van der Waals surface area contributed by atoms with Gasteiger partial charge in [-0.05, 0) is 31.3 Å². The molecule has 13 heteroatoms. The highest BCUT2D eigenvalue weighted by Crippen LogP contribution is 2.20. The Balaban J connectivity index is 2.90. The molecule has 4 amide bonds. The van der Waals surface area contributed by atoms with Crippen LogP contribution in [0, 0.1) is 0 Å². The van der Waals surface area contributed by atoms with Crippen LogP contribution in [0.25, 0.3) is 0 Å². The Labute approximate surface area is 184 Å². The maximum atomic E-state index is 13.1. The van der Waals surface area contributed by atoms with E-state index in [-0.39, 0.29) is 12.2 Å². The van der Waals surface area contributed by atoms with E-state index in [1.54, 1.807) is 0 Å². The Kier molecular flexibility index (Phi) is 11.0. The number of likely N-dealkylation sites (tertiary alicyclic amines) is 1. The number of nitrogens with two attached hydrogens (primary N) is 2. The minimum Gasteiger partial charge on any atom is -0.480 e. The van der Waals surface area contributed by atoms with Crippen LogP contribution >= 0.6 is 24.4 Å². The van der Waals surface area contributed by atoms with E-state index < -0.39 is 53.8 Å². The molecule has 0 radical (unpaired) electrons. The number of nitrogens with zero attached hydrogens (tertiary/aromatic N) is 1. The van der Waals surface area contributed by atoms with Crippen molar-refractivity contribution in [2.45, 2.75) is 49.9 Å². The number of carbonyl (C=O) groups is 5. The number of amides is 4. The average Bonchev–Trinajstić information content (AvgIpc) is 3.17. The lowest BCUT2D eigenvalue weighted by Gasteiger charge is -2.29. The zero-order valence-corrected chi connectivity index (χ0v) is 18.4. The second-order valence-corrected chi connectivity index (χ2v) is 8.24. The molecule has 0 aromatic carbocycles. The van der Waals surface area contributed by atoms with Crippen LogP contribution in [0.2, 0.25) is 0 Å². The number of hydrogen-bond donors (Lipinski definition) is 6. The van der Waals surface area contributed by atoms with Gasteiger partial charge in [-0.15, -0.1) is 0 Å². The van der Waals surface area contributed by atoms with E-state index in [2.05, 4.69) is 23.3 Å². The quantitative estimate of drug-likeness (QED) is 0.178. The van der Waals surface area contributed by atoms with E-state index in [4.69, 9.17) is 16.6 Å². The van der Waals surface area contributed by atoms with Crippen molar-refractivity contribution in [3.8, 4) is 0 Å². The highest BCUT2D eigenvalue weighted by atomic mass is 32.2. The van der Waals surface area contributed by atoms with Crippen molar-refractivity contribution in [2.75, 3.05) is 24.3 Å². The van der Waals surface area contributed by atoms with Gasteiger partial charge >= 0.3 is 5.97 Å². The summed E-state index contributed by atoms with van der Waals surface area (Å²) in [6.07, 6.45) is 2.73. The van der Waals surface area contributed by atoms with Gasteiger partial charge in [0, 0.05) is 12.3 Å². The van der Waals surface area contributed by atoms with E-state index in [1.165, 1.54) is 16.7 Å². The predicted molar refractivity (Wildman–Crippen MR) is 115 cm³/mol. The average molecular weight is 464 g/mol. The standard InChI is InChI=1S/C17H29N5O6S2/c1-30-6-4-10(20-14(24)9(18)7-13(19)23)16(26)22-5-2-3-12(22)15(25)21-11(8-29)17(27)28/h9-12,29H,2-8,18H2,1H3,(H2,19,23)(H,20,24)(H,21,25)(H,27,28). The molecule has 0 aromatic rings. The summed E-state index contributed by atoms with van der Waals surface area (Å²) in [6, 6.07) is -4.13. The summed E-state index contributed by atoms with van der Waals surface area (Å²) in [5, 5.41) is 14.0. The summed E-state index contributed by atoms with van der Waals surface area (Å²) < 4.78 is 0. The first-order chi connectivity index (χ1) is 14.1. The van der Waals surface area contributed by atoms with Gasteiger partial charge < -0.3 is 32.1 Å². The monoisotopic (exact) mass is 463 g/mol. The molecule has 7 N–H and O–H groups in total. The number of thiol groups is 1. The number of carboxylic acid groups (broad SMARTS) is 1. The van der Waals surface area contributed by atoms with Gasteiger partial charge in [0.1, 0.15) is 18.1 Å². The molecule has 11 nitrogen and oxygen atoms in total. The van der Waals surface area contributed by atoms with E-state index in [0.717, 1.165) is 0 Å². The summed E-state index contributed by atoms with van der Waals surface area (Å²) in [5.41, 5.74) is 10.7. The number of carboxylic acids is 1. The fourth-order valence-electron chi connectivity index (χ4n) is 3.04. The third kappa shape index (κ3) is 7.69. The SMILES string of the molecule is CSCCC(NC(=O)C(N)CC(N)=O)C(=O)N1CCCC1C(=O)NC(CS)C(=O)O. The number of rotatable bonds is 12. The summed E-state index contributed by atoms with van der Waals surface area (Å²) in [6.45, 7) is 0.300. The first-order valence-electron chi connectivity index (χ1n) is 9.40. The molecule has 0 aliphatic carbocycles. The summed E-state index contributed by atoms with van der Waals surface area (Å²) in [4.78, 5) is 61.4. The van der Waals surface area contributed by atoms with Crippen LogP contribution in [-0.2, 0) is 24.0 Å². The van der Waals surface area contributed by atoms with Crippen molar-refractivity contribution in [2.24, 2.45) is 11.5 Å². The van der Waals surface area contributed by atoms with E-state index in [9.17, 15) is 24.0 Å². The number of carbonyl (C=O) groups excluding carboxylic acids is 4. The molecule has 170 valence electrons. The molecule has 1 aliphatic rings. The minimum absolute atomic E-state index is 0.0914. The first kappa shape index (κ1) is 26.0. The molecule has 0 aromatic heterocycles. The van der Waals surface area contributed by atoms with Gasteiger partial charge in [0.25, 0.3) is 0 Å². The maximum absolute atomic E-state index is 13.1. The fourth-order valence-corrected chi connectivity index (χ4v) is 3.76. The van der Waals surface area contributed by atoms with Crippen molar-refractivity contribution in [3.63, 3.8) is 0 Å². The van der Waals surface area contributed by atoms with Gasteiger partial charge in [-0.3, -0.25) is 19.2 Å². The van der Waals surface area contributed by atoms with Gasteiger partial charge in [-0.2, -0.15) is 24.4 Å². The zero-order chi connectivity index (χ0) is 22.8. The minimum atomic E-state index is -1.22. The molecule has 4 atom stereocenters. The highest BCUT2D eigenvalue weighted by molar-refractivity contribution is 7.98. The molecule has 4 unspecified atom stereocenters. The first-order valence-corrected chi connectivity index (χ1v) is 11.4. The van der Waals surface area contributed by atoms with Crippen LogP contribution < -0.4 is 22.1 Å². The Bertz CT molecular complexity index is 665. The van der Waals surface area contributed by atoms with Crippen molar-refractivity contribution >= 4 is 54.0 Å². The Morgan fingerprint density at radius 2 is 1.90 bits per heavy atom. The van der Waals surface area contributed by atoms with Crippen molar-refractivity contribution in [1.29, 1.82) is 0 Å². The lowest BCUT2D eigenvalue weighted by Crippen LogP contribution is -2.57. The number of hydrogen-bond acceptors (Lipinski definition) is 8. The molecule has 1 aliphatic heterocycles. The molecule has 1 heterocycles. The largest absolute Gasteiger partial charge is 0.480 e. The normalized spacial score (nSPS) is 18.9. The van der Waals surface area contributed by atoms with Gasteiger partial charge in [0.15, 0.2) is 0 Å². The second kappa shape index (κ2) is 12.6. The Hall–Kier alpha value is -1.99. The smallest absolute Gasteiger partial charge is 0.327 e.